The number of aliphatic hydroxyl groups is 1. The number of likely N-dealkylation sites (N-methyl/N-ethyl adjacent to an activating group) is 1. The van der Waals surface area contributed by atoms with Gasteiger partial charge in [0.2, 0.25) is 5.82 Å². The Balaban J connectivity index is 2.06. The highest BCUT2D eigenvalue weighted by Gasteiger charge is 2.25. The van der Waals surface area contributed by atoms with E-state index in [1.54, 1.807) is 7.05 Å². The largest absolute Gasteiger partial charge is 0.484 e. The van der Waals surface area contributed by atoms with Crippen molar-refractivity contribution in [2.45, 2.75) is 19.6 Å². The summed E-state index contributed by atoms with van der Waals surface area (Å²) in [6.07, 6.45) is -1.26. The Bertz CT molecular complexity index is 796. The molecule has 0 aliphatic rings. The molecule has 2 aromatic carbocycles. The number of amides is 1. The third-order valence-corrected chi connectivity index (χ3v) is 3.75. The Morgan fingerprint density at radius 3 is 2.58 bits per heavy atom. The van der Waals surface area contributed by atoms with Gasteiger partial charge in [0, 0.05) is 19.7 Å². The van der Waals surface area contributed by atoms with Gasteiger partial charge in [-0.3, -0.25) is 14.9 Å². The van der Waals surface area contributed by atoms with Gasteiger partial charge in [-0.1, -0.05) is 30.3 Å². The number of ether oxygens (including phenoxy) is 1. The van der Waals surface area contributed by atoms with Crippen molar-refractivity contribution < 1.29 is 24.0 Å². The minimum atomic E-state index is -1.26. The number of nitrogens with zero attached hydrogens (tertiary/aromatic N) is 2. The van der Waals surface area contributed by atoms with Crippen LogP contribution in [0.3, 0.4) is 0 Å². The van der Waals surface area contributed by atoms with Crippen molar-refractivity contribution in [1.29, 1.82) is 0 Å². The summed E-state index contributed by atoms with van der Waals surface area (Å²) in [5, 5.41) is 20.6. The van der Waals surface area contributed by atoms with Crippen LogP contribution in [0.1, 0.15) is 24.2 Å². The van der Waals surface area contributed by atoms with E-state index in [0.717, 1.165) is 17.7 Å². The van der Waals surface area contributed by atoms with E-state index in [1.807, 2.05) is 30.3 Å². The molecule has 1 N–H and O–H groups in total. The second-order valence-corrected chi connectivity index (χ2v) is 5.80. The van der Waals surface area contributed by atoms with Crippen molar-refractivity contribution in [2.75, 3.05) is 13.7 Å². The molecule has 26 heavy (non-hydrogen) atoms. The van der Waals surface area contributed by atoms with Crippen LogP contribution >= 0.6 is 0 Å². The van der Waals surface area contributed by atoms with E-state index >= 15 is 0 Å². The van der Waals surface area contributed by atoms with Crippen LogP contribution in [0.2, 0.25) is 0 Å². The molecule has 1 amide bonds. The first-order chi connectivity index (χ1) is 12.3. The molecule has 0 radical (unpaired) electrons. The number of hydrogen-bond acceptors (Lipinski definition) is 5. The molecule has 2 rings (SSSR count). The van der Waals surface area contributed by atoms with Crippen LogP contribution in [0.5, 0.6) is 5.75 Å². The lowest BCUT2D eigenvalue weighted by Gasteiger charge is -2.18. The van der Waals surface area contributed by atoms with Crippen molar-refractivity contribution in [3.8, 4) is 5.75 Å². The summed E-state index contributed by atoms with van der Waals surface area (Å²) in [7, 11) is 1.61. The van der Waals surface area contributed by atoms with Gasteiger partial charge >= 0.3 is 5.69 Å². The van der Waals surface area contributed by atoms with Gasteiger partial charge in [-0.05, 0) is 18.6 Å². The first kappa shape index (κ1) is 19.3. The molecule has 0 saturated carbocycles. The maximum atomic E-state index is 14.0. The molecule has 0 saturated heterocycles. The fourth-order valence-electron chi connectivity index (χ4n) is 2.39. The Morgan fingerprint density at radius 1 is 1.35 bits per heavy atom. The third kappa shape index (κ3) is 4.76. The molecule has 0 aromatic heterocycles. The second-order valence-electron chi connectivity index (χ2n) is 5.80. The summed E-state index contributed by atoms with van der Waals surface area (Å²) < 4.78 is 19.2. The number of nitro benzene ring substituents is 1. The third-order valence-electron chi connectivity index (χ3n) is 3.75. The van der Waals surface area contributed by atoms with Crippen molar-refractivity contribution in [1.82, 2.24) is 4.90 Å². The second kappa shape index (κ2) is 8.39. The lowest BCUT2D eigenvalue weighted by atomic mass is 10.1. The van der Waals surface area contributed by atoms with Gasteiger partial charge in [0.1, 0.15) is 5.75 Å². The molecule has 0 aliphatic carbocycles. The topological polar surface area (TPSA) is 92.9 Å². The highest BCUT2D eigenvalue weighted by molar-refractivity contribution is 5.77. The molecule has 0 fully saturated rings. The highest BCUT2D eigenvalue weighted by atomic mass is 19.1. The molecular formula is C18H19FN2O5. The normalized spacial score (nSPS) is 11.7. The standard InChI is InChI=1S/C18H19FN2O5/c1-12(22)15-8-14(9-16(19)18(15)21(24)25)26-11-17(23)20(2)10-13-6-4-3-5-7-13/h3-9,12,22H,10-11H2,1-2H3. The van der Waals surface area contributed by atoms with Gasteiger partial charge < -0.3 is 14.7 Å². The summed E-state index contributed by atoms with van der Waals surface area (Å²) in [6.45, 7) is 1.31. The Labute approximate surface area is 149 Å². The summed E-state index contributed by atoms with van der Waals surface area (Å²) in [5.41, 5.74) is -0.0731. The molecule has 138 valence electrons. The molecule has 1 atom stereocenters. The molecule has 8 heteroatoms. The highest BCUT2D eigenvalue weighted by Crippen LogP contribution is 2.32. The van der Waals surface area contributed by atoms with Crippen LogP contribution in [-0.2, 0) is 11.3 Å². The molecule has 1 unspecified atom stereocenters. The number of halogens is 1. The molecule has 0 heterocycles. The predicted octanol–water partition coefficient (Wildman–Crippen LogP) is 2.82. The first-order valence-corrected chi connectivity index (χ1v) is 7.86. The SMILES string of the molecule is CC(O)c1cc(OCC(=O)N(C)Cc2ccccc2)cc(F)c1[N+](=O)[O-]. The number of nitro groups is 1. The Kier molecular flexibility index (Phi) is 6.24. The molecular weight excluding hydrogens is 343 g/mol. The predicted molar refractivity (Wildman–Crippen MR) is 92.1 cm³/mol. The maximum Gasteiger partial charge on any atom is 0.310 e. The smallest absolute Gasteiger partial charge is 0.310 e. The fourth-order valence-corrected chi connectivity index (χ4v) is 2.39. The van der Waals surface area contributed by atoms with E-state index in [4.69, 9.17) is 4.74 Å². The van der Waals surface area contributed by atoms with E-state index in [0.29, 0.717) is 6.54 Å². The number of hydrogen-bond donors (Lipinski definition) is 1. The van der Waals surface area contributed by atoms with Gasteiger partial charge in [0.15, 0.2) is 6.61 Å². The lowest BCUT2D eigenvalue weighted by Crippen LogP contribution is -2.31. The number of benzene rings is 2. The van der Waals surface area contributed by atoms with Crippen LogP contribution in [0.4, 0.5) is 10.1 Å². The lowest BCUT2D eigenvalue weighted by molar-refractivity contribution is -0.388. The maximum absolute atomic E-state index is 14.0. The van der Waals surface area contributed by atoms with Crippen molar-refractivity contribution in [2.24, 2.45) is 0 Å². The minimum absolute atomic E-state index is 0.0644. The zero-order valence-electron chi connectivity index (χ0n) is 14.4. The summed E-state index contributed by atoms with van der Waals surface area (Å²) in [4.78, 5) is 23.6. The molecule has 7 nitrogen and oxygen atoms in total. The molecule has 2 aromatic rings. The van der Waals surface area contributed by atoms with E-state index in [1.165, 1.54) is 11.8 Å². The molecule has 0 bridgehead atoms. The monoisotopic (exact) mass is 362 g/mol. The first-order valence-electron chi connectivity index (χ1n) is 7.86. The zero-order valence-corrected chi connectivity index (χ0v) is 14.4. The van der Waals surface area contributed by atoms with Crippen LogP contribution in [0, 0.1) is 15.9 Å². The van der Waals surface area contributed by atoms with Crippen molar-refractivity contribution in [3.63, 3.8) is 0 Å². The summed E-state index contributed by atoms with van der Waals surface area (Å²) in [6, 6.07) is 11.3. The summed E-state index contributed by atoms with van der Waals surface area (Å²) >= 11 is 0. The van der Waals surface area contributed by atoms with E-state index < -0.39 is 22.5 Å². The molecule has 0 spiro atoms. The summed E-state index contributed by atoms with van der Waals surface area (Å²) in [5.74, 6) is -1.54. The zero-order chi connectivity index (χ0) is 19.3. The number of carbonyl (C=O) groups excluding carboxylic acids is 1. The van der Waals surface area contributed by atoms with Gasteiger partial charge in [0.25, 0.3) is 5.91 Å². The number of aliphatic hydroxyl groups excluding tert-OH is 1. The molecule has 0 aliphatic heterocycles. The van der Waals surface area contributed by atoms with Crippen LogP contribution in [0.25, 0.3) is 0 Å². The minimum Gasteiger partial charge on any atom is -0.484 e. The average molecular weight is 362 g/mol. The van der Waals surface area contributed by atoms with Crippen LogP contribution in [0.15, 0.2) is 42.5 Å². The van der Waals surface area contributed by atoms with E-state index in [2.05, 4.69) is 0 Å². The van der Waals surface area contributed by atoms with E-state index in [-0.39, 0.29) is 23.8 Å². The van der Waals surface area contributed by atoms with Gasteiger partial charge in [-0.15, -0.1) is 0 Å². The van der Waals surface area contributed by atoms with E-state index in [9.17, 15) is 24.4 Å². The van der Waals surface area contributed by atoms with Crippen LogP contribution < -0.4 is 4.74 Å². The Morgan fingerprint density at radius 2 is 2.00 bits per heavy atom. The van der Waals surface area contributed by atoms with Gasteiger partial charge in [-0.2, -0.15) is 4.39 Å². The van der Waals surface area contributed by atoms with Crippen molar-refractivity contribution >= 4 is 11.6 Å². The van der Waals surface area contributed by atoms with Crippen molar-refractivity contribution in [3.05, 3.63) is 69.5 Å². The quantitative estimate of drug-likeness (QED) is 0.604. The van der Waals surface area contributed by atoms with Crippen LogP contribution in [-0.4, -0.2) is 34.5 Å². The number of rotatable bonds is 7. The average Bonchev–Trinajstić information content (AvgIpc) is 2.59. The van der Waals surface area contributed by atoms with Gasteiger partial charge in [-0.25, -0.2) is 0 Å². The number of carbonyl (C=O) groups is 1. The fraction of sp³-hybridized carbons (Fsp3) is 0.278. The Hall–Kier alpha value is -3.00. The van der Waals surface area contributed by atoms with Gasteiger partial charge in [0.05, 0.1) is 16.6 Å².